The van der Waals surface area contributed by atoms with Gasteiger partial charge >= 0.3 is 6.18 Å². The number of anilines is 1. The molecule has 2 aromatic carbocycles. The number of halogens is 3. The Bertz CT molecular complexity index is 670. The summed E-state index contributed by atoms with van der Waals surface area (Å²) in [6.45, 7) is 0.213. The van der Waals surface area contributed by atoms with E-state index < -0.39 is 11.7 Å². The van der Waals surface area contributed by atoms with Crippen molar-refractivity contribution in [3.8, 4) is 11.5 Å². The van der Waals surface area contributed by atoms with Crippen LogP contribution in [0.1, 0.15) is 17.2 Å². The highest BCUT2D eigenvalue weighted by molar-refractivity contribution is 5.56. The molecular formula is C15H12F3NO2. The first-order valence-corrected chi connectivity index (χ1v) is 6.33. The number of rotatable bonds is 2. The normalized spacial score (nSPS) is 17.2. The Balaban J connectivity index is 1.90. The fourth-order valence-corrected chi connectivity index (χ4v) is 2.36. The molecule has 0 aliphatic carbocycles. The molecule has 0 amide bonds. The summed E-state index contributed by atoms with van der Waals surface area (Å²) in [6.07, 6.45) is -4.42. The molecule has 1 heterocycles. The van der Waals surface area contributed by atoms with Crippen LogP contribution < -0.4 is 10.1 Å². The minimum atomic E-state index is -4.42. The number of phenols is 1. The summed E-state index contributed by atoms with van der Waals surface area (Å²) in [5, 5.41) is 12.2. The third-order valence-electron chi connectivity index (χ3n) is 3.34. The van der Waals surface area contributed by atoms with Crippen LogP contribution in [-0.2, 0) is 6.18 Å². The molecule has 2 N–H and O–H groups in total. The predicted molar refractivity (Wildman–Crippen MR) is 71.4 cm³/mol. The summed E-state index contributed by atoms with van der Waals surface area (Å²) in [5.74, 6) is 0.544. The van der Waals surface area contributed by atoms with Crippen molar-refractivity contribution in [3.63, 3.8) is 0 Å². The second-order valence-electron chi connectivity index (χ2n) is 4.77. The van der Waals surface area contributed by atoms with Gasteiger partial charge < -0.3 is 15.2 Å². The van der Waals surface area contributed by atoms with Crippen molar-refractivity contribution in [2.24, 2.45) is 0 Å². The maximum absolute atomic E-state index is 13.0. The number of para-hydroxylation sites is 1. The van der Waals surface area contributed by atoms with E-state index in [4.69, 9.17) is 4.74 Å². The van der Waals surface area contributed by atoms with Gasteiger partial charge in [-0.3, -0.25) is 0 Å². The molecule has 1 aliphatic rings. The molecule has 21 heavy (non-hydrogen) atoms. The number of nitrogens with one attached hydrogen (secondary N) is 1. The van der Waals surface area contributed by atoms with Gasteiger partial charge in [-0.05, 0) is 24.3 Å². The fourth-order valence-electron chi connectivity index (χ4n) is 2.36. The monoisotopic (exact) mass is 295 g/mol. The van der Waals surface area contributed by atoms with Gasteiger partial charge in [0, 0.05) is 17.3 Å². The number of hydrogen-bond acceptors (Lipinski definition) is 3. The van der Waals surface area contributed by atoms with E-state index in [1.807, 2.05) is 0 Å². The van der Waals surface area contributed by atoms with Crippen LogP contribution in [0.2, 0.25) is 0 Å². The summed E-state index contributed by atoms with van der Waals surface area (Å²) in [6, 6.07) is 9.52. The number of ether oxygens (including phenoxy) is 1. The SMILES string of the molecule is Oc1ccc2c(c1)OCC2Nc1ccccc1C(F)(F)F. The Morgan fingerprint density at radius 3 is 2.67 bits per heavy atom. The van der Waals surface area contributed by atoms with Crippen molar-refractivity contribution in [2.45, 2.75) is 12.2 Å². The Kier molecular flexibility index (Phi) is 3.16. The lowest BCUT2D eigenvalue weighted by atomic mass is 10.1. The van der Waals surface area contributed by atoms with Crippen LogP contribution in [0.25, 0.3) is 0 Å². The van der Waals surface area contributed by atoms with E-state index in [9.17, 15) is 18.3 Å². The lowest BCUT2D eigenvalue weighted by molar-refractivity contribution is -0.137. The first kappa shape index (κ1) is 13.6. The average molecular weight is 295 g/mol. The number of fused-ring (bicyclic) bond motifs is 1. The number of phenolic OH excluding ortho intramolecular Hbond substituents is 1. The third-order valence-corrected chi connectivity index (χ3v) is 3.34. The van der Waals surface area contributed by atoms with E-state index in [1.165, 1.54) is 24.3 Å². The van der Waals surface area contributed by atoms with E-state index in [1.54, 1.807) is 12.1 Å². The third kappa shape index (κ3) is 2.61. The van der Waals surface area contributed by atoms with Crippen LogP contribution in [-0.4, -0.2) is 11.7 Å². The highest BCUT2D eigenvalue weighted by Gasteiger charge is 2.34. The molecule has 1 atom stereocenters. The van der Waals surface area contributed by atoms with Crippen molar-refractivity contribution in [2.75, 3.05) is 11.9 Å². The van der Waals surface area contributed by atoms with Crippen LogP contribution in [0.5, 0.6) is 11.5 Å². The molecule has 1 unspecified atom stereocenters. The van der Waals surface area contributed by atoms with E-state index in [0.29, 0.717) is 5.75 Å². The molecule has 3 nitrogen and oxygen atoms in total. The van der Waals surface area contributed by atoms with Crippen LogP contribution in [0.3, 0.4) is 0 Å². The van der Waals surface area contributed by atoms with Gasteiger partial charge in [0.15, 0.2) is 0 Å². The van der Waals surface area contributed by atoms with Gasteiger partial charge in [0.2, 0.25) is 0 Å². The minimum absolute atomic E-state index is 0.0134. The van der Waals surface area contributed by atoms with E-state index in [0.717, 1.165) is 11.6 Å². The second kappa shape index (κ2) is 4.87. The minimum Gasteiger partial charge on any atom is -0.508 e. The highest BCUT2D eigenvalue weighted by Crippen LogP contribution is 2.40. The number of aromatic hydroxyl groups is 1. The molecule has 0 saturated heterocycles. The second-order valence-corrected chi connectivity index (χ2v) is 4.77. The molecular weight excluding hydrogens is 283 g/mol. The lowest BCUT2D eigenvalue weighted by Crippen LogP contribution is -2.16. The smallest absolute Gasteiger partial charge is 0.418 e. The quantitative estimate of drug-likeness (QED) is 0.881. The lowest BCUT2D eigenvalue weighted by Gasteiger charge is -2.18. The topological polar surface area (TPSA) is 41.5 Å². The molecule has 0 fully saturated rings. The molecule has 6 heteroatoms. The molecule has 0 spiro atoms. The van der Waals surface area contributed by atoms with Gasteiger partial charge in [-0.25, -0.2) is 0 Å². The van der Waals surface area contributed by atoms with E-state index in [2.05, 4.69) is 5.32 Å². The van der Waals surface area contributed by atoms with Crippen molar-refractivity contribution >= 4 is 5.69 Å². The summed E-state index contributed by atoms with van der Waals surface area (Å²) >= 11 is 0. The van der Waals surface area contributed by atoms with Crippen LogP contribution in [0, 0.1) is 0 Å². The van der Waals surface area contributed by atoms with E-state index in [-0.39, 0.29) is 24.1 Å². The largest absolute Gasteiger partial charge is 0.508 e. The Labute approximate surface area is 119 Å². The summed E-state index contributed by atoms with van der Waals surface area (Å²) in [5.41, 5.74) is 0.0292. The Hall–Kier alpha value is -2.37. The maximum Gasteiger partial charge on any atom is 0.418 e. The highest BCUT2D eigenvalue weighted by atomic mass is 19.4. The van der Waals surface area contributed by atoms with Gasteiger partial charge in [0.25, 0.3) is 0 Å². The zero-order valence-electron chi connectivity index (χ0n) is 10.8. The van der Waals surface area contributed by atoms with E-state index >= 15 is 0 Å². The molecule has 0 radical (unpaired) electrons. The van der Waals surface area contributed by atoms with Crippen molar-refractivity contribution in [3.05, 3.63) is 53.6 Å². The van der Waals surface area contributed by atoms with Gasteiger partial charge in [-0.1, -0.05) is 12.1 Å². The Morgan fingerprint density at radius 2 is 1.90 bits per heavy atom. The molecule has 110 valence electrons. The maximum atomic E-state index is 13.0. The summed E-state index contributed by atoms with van der Waals surface area (Å²) < 4.78 is 44.3. The van der Waals surface area contributed by atoms with Gasteiger partial charge in [0.05, 0.1) is 11.6 Å². The first-order chi connectivity index (χ1) is 9.95. The van der Waals surface area contributed by atoms with Crippen LogP contribution in [0.15, 0.2) is 42.5 Å². The van der Waals surface area contributed by atoms with Gasteiger partial charge in [-0.2, -0.15) is 13.2 Å². The number of alkyl halides is 3. The molecule has 3 rings (SSSR count). The number of hydrogen-bond donors (Lipinski definition) is 2. The van der Waals surface area contributed by atoms with Crippen LogP contribution >= 0.6 is 0 Å². The van der Waals surface area contributed by atoms with Crippen molar-refractivity contribution in [1.29, 1.82) is 0 Å². The van der Waals surface area contributed by atoms with Crippen molar-refractivity contribution < 1.29 is 23.0 Å². The Morgan fingerprint density at radius 1 is 1.14 bits per heavy atom. The fraction of sp³-hybridized carbons (Fsp3) is 0.200. The van der Waals surface area contributed by atoms with Crippen molar-refractivity contribution in [1.82, 2.24) is 0 Å². The zero-order valence-corrected chi connectivity index (χ0v) is 10.8. The molecule has 1 aliphatic heterocycles. The zero-order chi connectivity index (χ0) is 15.0. The molecule has 0 aromatic heterocycles. The number of benzene rings is 2. The molecule has 2 aromatic rings. The predicted octanol–water partition coefficient (Wildman–Crippen LogP) is 3.96. The average Bonchev–Trinajstić information content (AvgIpc) is 2.80. The summed E-state index contributed by atoms with van der Waals surface area (Å²) in [4.78, 5) is 0. The standard InChI is InChI=1S/C15H12F3NO2/c16-15(17,18)11-3-1-2-4-12(11)19-13-8-21-14-7-9(20)5-6-10(13)14/h1-7,13,19-20H,8H2. The van der Waals surface area contributed by atoms with Gasteiger partial charge in [-0.15, -0.1) is 0 Å². The first-order valence-electron chi connectivity index (χ1n) is 6.33. The van der Waals surface area contributed by atoms with Gasteiger partial charge in [0.1, 0.15) is 18.1 Å². The molecule has 0 bridgehead atoms. The summed E-state index contributed by atoms with van der Waals surface area (Å²) in [7, 11) is 0. The molecule has 0 saturated carbocycles. The van der Waals surface area contributed by atoms with Crippen LogP contribution in [0.4, 0.5) is 18.9 Å².